The molecule has 2 aliphatic rings. The van der Waals surface area contributed by atoms with Gasteiger partial charge < -0.3 is 10.1 Å². The Labute approximate surface area is 129 Å². The van der Waals surface area contributed by atoms with E-state index in [0.29, 0.717) is 12.1 Å². The largest absolute Gasteiger partial charge is 0.493 e. The molecule has 3 unspecified atom stereocenters. The molecule has 3 rings (SSSR count). The van der Waals surface area contributed by atoms with Crippen molar-refractivity contribution in [3.8, 4) is 5.75 Å². The van der Waals surface area contributed by atoms with Gasteiger partial charge in [-0.3, -0.25) is 0 Å². The lowest BCUT2D eigenvalue weighted by atomic mass is 9.80. The minimum atomic E-state index is 0.484. The summed E-state index contributed by atoms with van der Waals surface area (Å²) >= 11 is 0. The van der Waals surface area contributed by atoms with Crippen molar-refractivity contribution < 1.29 is 4.74 Å². The first-order valence-corrected chi connectivity index (χ1v) is 8.70. The Kier molecular flexibility index (Phi) is 4.84. The summed E-state index contributed by atoms with van der Waals surface area (Å²) in [5, 5.41) is 3.94. The summed E-state index contributed by atoms with van der Waals surface area (Å²) in [6, 6.07) is 9.70. The standard InChI is InChI=1S/C19H29NO/c1-14(2)12-15-6-5-7-16(13-15)20-18-10-11-21-19-9-4-3-8-17(18)19/h3-4,8-9,14-16,18,20H,5-7,10-13H2,1-2H3. The van der Waals surface area contributed by atoms with Gasteiger partial charge in [-0.15, -0.1) is 0 Å². The van der Waals surface area contributed by atoms with Crippen LogP contribution in [0.1, 0.15) is 64.0 Å². The summed E-state index contributed by atoms with van der Waals surface area (Å²) in [5.41, 5.74) is 1.36. The molecule has 1 aromatic rings. The number of benzene rings is 1. The van der Waals surface area contributed by atoms with Crippen LogP contribution in [0, 0.1) is 11.8 Å². The third kappa shape index (κ3) is 3.79. The Bertz CT molecular complexity index is 457. The van der Waals surface area contributed by atoms with E-state index < -0.39 is 0 Å². The number of ether oxygens (including phenoxy) is 1. The van der Waals surface area contributed by atoms with Crippen LogP contribution in [0.4, 0.5) is 0 Å². The normalized spacial score (nSPS) is 29.0. The molecule has 0 spiro atoms. The third-order valence-electron chi connectivity index (χ3n) is 4.98. The molecule has 21 heavy (non-hydrogen) atoms. The zero-order valence-corrected chi connectivity index (χ0v) is 13.5. The molecule has 1 aliphatic heterocycles. The van der Waals surface area contributed by atoms with Gasteiger partial charge in [-0.05, 0) is 37.2 Å². The Balaban J connectivity index is 1.62. The van der Waals surface area contributed by atoms with E-state index in [1.165, 1.54) is 37.7 Å². The molecule has 0 amide bonds. The van der Waals surface area contributed by atoms with Crippen molar-refractivity contribution in [2.45, 2.75) is 64.5 Å². The molecular formula is C19H29NO. The van der Waals surface area contributed by atoms with Crippen LogP contribution < -0.4 is 10.1 Å². The number of fused-ring (bicyclic) bond motifs is 1. The van der Waals surface area contributed by atoms with E-state index in [-0.39, 0.29) is 0 Å². The highest BCUT2D eigenvalue weighted by molar-refractivity contribution is 5.37. The summed E-state index contributed by atoms with van der Waals surface area (Å²) in [5.74, 6) is 2.83. The van der Waals surface area contributed by atoms with Gasteiger partial charge in [-0.25, -0.2) is 0 Å². The molecule has 1 aromatic carbocycles. The Hall–Kier alpha value is -1.02. The van der Waals surface area contributed by atoms with Crippen LogP contribution in [0.15, 0.2) is 24.3 Å². The second kappa shape index (κ2) is 6.83. The van der Waals surface area contributed by atoms with Gasteiger partial charge in [0.25, 0.3) is 0 Å². The number of hydrogen-bond donors (Lipinski definition) is 1. The fraction of sp³-hybridized carbons (Fsp3) is 0.684. The minimum absolute atomic E-state index is 0.484. The number of hydrogen-bond acceptors (Lipinski definition) is 2. The van der Waals surface area contributed by atoms with Crippen LogP contribution in [-0.2, 0) is 0 Å². The van der Waals surface area contributed by atoms with Gasteiger partial charge in [0.1, 0.15) is 5.75 Å². The van der Waals surface area contributed by atoms with Gasteiger partial charge in [0.2, 0.25) is 0 Å². The number of rotatable bonds is 4. The van der Waals surface area contributed by atoms with Crippen LogP contribution in [0.25, 0.3) is 0 Å². The first-order chi connectivity index (χ1) is 10.2. The maximum absolute atomic E-state index is 5.78. The van der Waals surface area contributed by atoms with Gasteiger partial charge in [0.15, 0.2) is 0 Å². The smallest absolute Gasteiger partial charge is 0.124 e. The van der Waals surface area contributed by atoms with Gasteiger partial charge >= 0.3 is 0 Å². The van der Waals surface area contributed by atoms with Gasteiger partial charge in [0, 0.05) is 24.1 Å². The third-order valence-corrected chi connectivity index (χ3v) is 4.98. The molecule has 0 aromatic heterocycles. The van der Waals surface area contributed by atoms with E-state index in [9.17, 15) is 0 Å². The fourth-order valence-corrected chi connectivity index (χ4v) is 4.12. The molecular weight excluding hydrogens is 258 g/mol. The second-order valence-electron chi connectivity index (χ2n) is 7.25. The highest BCUT2D eigenvalue weighted by Crippen LogP contribution is 2.35. The zero-order chi connectivity index (χ0) is 14.7. The Morgan fingerprint density at radius 2 is 2.05 bits per heavy atom. The van der Waals surface area contributed by atoms with Crippen LogP contribution in [0.3, 0.4) is 0 Å². The zero-order valence-electron chi connectivity index (χ0n) is 13.5. The molecule has 1 fully saturated rings. The predicted octanol–water partition coefficient (Wildman–Crippen LogP) is 4.70. The van der Waals surface area contributed by atoms with Crippen molar-refractivity contribution in [3.05, 3.63) is 29.8 Å². The summed E-state index contributed by atoms with van der Waals surface area (Å²) in [6.45, 7) is 5.55. The lowest BCUT2D eigenvalue weighted by Crippen LogP contribution is -2.38. The molecule has 0 bridgehead atoms. The van der Waals surface area contributed by atoms with Crippen molar-refractivity contribution in [2.24, 2.45) is 11.8 Å². The Morgan fingerprint density at radius 3 is 2.90 bits per heavy atom. The van der Waals surface area contributed by atoms with Crippen molar-refractivity contribution in [1.29, 1.82) is 0 Å². The molecule has 2 nitrogen and oxygen atoms in total. The van der Waals surface area contributed by atoms with Crippen molar-refractivity contribution in [2.75, 3.05) is 6.61 Å². The van der Waals surface area contributed by atoms with E-state index in [1.807, 2.05) is 0 Å². The second-order valence-corrected chi connectivity index (χ2v) is 7.25. The van der Waals surface area contributed by atoms with Crippen LogP contribution in [-0.4, -0.2) is 12.6 Å². The predicted molar refractivity (Wildman–Crippen MR) is 87.6 cm³/mol. The molecule has 1 N–H and O–H groups in total. The first kappa shape index (κ1) is 14.9. The highest BCUT2D eigenvalue weighted by atomic mass is 16.5. The average molecular weight is 287 g/mol. The molecule has 1 saturated carbocycles. The molecule has 0 radical (unpaired) electrons. The van der Waals surface area contributed by atoms with Crippen LogP contribution >= 0.6 is 0 Å². The van der Waals surface area contributed by atoms with Crippen molar-refractivity contribution in [1.82, 2.24) is 5.32 Å². The minimum Gasteiger partial charge on any atom is -0.493 e. The summed E-state index contributed by atoms with van der Waals surface area (Å²) in [7, 11) is 0. The molecule has 116 valence electrons. The van der Waals surface area contributed by atoms with Gasteiger partial charge in [-0.1, -0.05) is 44.9 Å². The molecule has 1 heterocycles. The number of nitrogens with one attached hydrogen (secondary N) is 1. The maximum atomic E-state index is 5.78. The molecule has 3 atom stereocenters. The summed E-state index contributed by atoms with van der Waals surface area (Å²) in [4.78, 5) is 0. The molecule has 0 saturated heterocycles. The fourth-order valence-electron chi connectivity index (χ4n) is 4.12. The monoisotopic (exact) mass is 287 g/mol. The lowest BCUT2D eigenvalue weighted by molar-refractivity contribution is 0.206. The topological polar surface area (TPSA) is 21.3 Å². The van der Waals surface area contributed by atoms with Gasteiger partial charge in [-0.2, -0.15) is 0 Å². The SMILES string of the molecule is CC(C)CC1CCCC(NC2CCOc3ccccc32)C1. The van der Waals surface area contributed by atoms with Crippen LogP contribution in [0.2, 0.25) is 0 Å². The lowest BCUT2D eigenvalue weighted by Gasteiger charge is -2.35. The van der Waals surface area contributed by atoms with Crippen LogP contribution in [0.5, 0.6) is 5.75 Å². The van der Waals surface area contributed by atoms with E-state index in [1.54, 1.807) is 0 Å². The average Bonchev–Trinajstić information content (AvgIpc) is 2.47. The first-order valence-electron chi connectivity index (χ1n) is 8.70. The summed E-state index contributed by atoms with van der Waals surface area (Å²) in [6.07, 6.45) is 8.01. The maximum Gasteiger partial charge on any atom is 0.124 e. The molecule has 1 aliphatic carbocycles. The van der Waals surface area contributed by atoms with Gasteiger partial charge in [0.05, 0.1) is 6.61 Å². The quantitative estimate of drug-likeness (QED) is 0.866. The van der Waals surface area contributed by atoms with E-state index >= 15 is 0 Å². The Morgan fingerprint density at radius 1 is 1.19 bits per heavy atom. The van der Waals surface area contributed by atoms with E-state index in [0.717, 1.165) is 30.6 Å². The van der Waals surface area contributed by atoms with E-state index in [2.05, 4.69) is 43.4 Å². The van der Waals surface area contributed by atoms with E-state index in [4.69, 9.17) is 4.74 Å². The molecule has 2 heteroatoms. The van der Waals surface area contributed by atoms with Crippen molar-refractivity contribution in [3.63, 3.8) is 0 Å². The van der Waals surface area contributed by atoms with Crippen molar-refractivity contribution >= 4 is 0 Å². The summed E-state index contributed by atoms with van der Waals surface area (Å²) < 4.78 is 5.78. The number of para-hydroxylation sites is 1. The highest BCUT2D eigenvalue weighted by Gasteiger charge is 2.27.